The highest BCUT2D eigenvalue weighted by molar-refractivity contribution is 7.16. The molecule has 1 N–H and O–H groups in total. The Balaban J connectivity index is 1.47. The molecule has 0 saturated carbocycles. The van der Waals surface area contributed by atoms with Gasteiger partial charge >= 0.3 is 0 Å². The van der Waals surface area contributed by atoms with Crippen molar-refractivity contribution in [3.8, 4) is 17.1 Å². The van der Waals surface area contributed by atoms with Crippen molar-refractivity contribution >= 4 is 51.4 Å². The van der Waals surface area contributed by atoms with E-state index < -0.39 is 4.92 Å². The van der Waals surface area contributed by atoms with Crippen LogP contribution in [0.25, 0.3) is 11.3 Å². The lowest BCUT2D eigenvalue weighted by Crippen LogP contribution is -2.27. The topological polar surface area (TPSA) is 107 Å². The Hall–Kier alpha value is -3.95. The molecule has 41 heavy (non-hydrogen) atoms. The smallest absolute Gasteiger partial charge is 0.284 e. The fourth-order valence-electron chi connectivity index (χ4n) is 5.05. The maximum absolute atomic E-state index is 13.6. The Morgan fingerprint density at radius 1 is 1.20 bits per heavy atom. The van der Waals surface area contributed by atoms with E-state index >= 15 is 0 Å². The quantitative estimate of drug-likeness (QED) is 0.131. The van der Waals surface area contributed by atoms with Crippen LogP contribution in [0.2, 0.25) is 5.02 Å². The SMILES string of the molecule is COc1ccc(-c2ccc(C=Nc3sc4c(c3C(=O)Nc3ccc(Cl)cc3)CC[C@H](C(C)(C)C)C4)o2)c([N+](=O)[O-])c1. The van der Waals surface area contributed by atoms with E-state index in [1.54, 1.807) is 54.7 Å². The molecule has 0 radical (unpaired) electrons. The summed E-state index contributed by atoms with van der Waals surface area (Å²) in [6.07, 6.45) is 4.25. The van der Waals surface area contributed by atoms with Gasteiger partial charge in [-0.3, -0.25) is 14.9 Å². The number of carbonyl (C=O) groups excluding carboxylic acids is 1. The zero-order chi connectivity index (χ0) is 29.3. The summed E-state index contributed by atoms with van der Waals surface area (Å²) in [4.78, 5) is 30.6. The number of nitro benzene ring substituents is 1. The van der Waals surface area contributed by atoms with Crippen molar-refractivity contribution in [2.45, 2.75) is 40.0 Å². The number of aliphatic imine (C=N–C) groups is 1. The van der Waals surface area contributed by atoms with Crippen molar-refractivity contribution < 1.29 is 18.9 Å². The molecule has 0 saturated heterocycles. The fraction of sp³-hybridized carbons (Fsp3) is 0.290. The minimum absolute atomic E-state index is 0.123. The second-order valence-electron chi connectivity index (χ2n) is 11.1. The molecule has 212 valence electrons. The molecule has 5 rings (SSSR count). The van der Waals surface area contributed by atoms with Gasteiger partial charge in [-0.15, -0.1) is 11.3 Å². The number of nitrogens with one attached hydrogen (secondary N) is 1. The summed E-state index contributed by atoms with van der Waals surface area (Å²) in [6.45, 7) is 6.77. The van der Waals surface area contributed by atoms with Crippen LogP contribution >= 0.6 is 22.9 Å². The lowest BCUT2D eigenvalue weighted by molar-refractivity contribution is -0.384. The first-order valence-electron chi connectivity index (χ1n) is 13.2. The van der Waals surface area contributed by atoms with Crippen LogP contribution < -0.4 is 10.1 Å². The van der Waals surface area contributed by atoms with Crippen LogP contribution in [0.3, 0.4) is 0 Å². The van der Waals surface area contributed by atoms with Gasteiger partial charge in [0.1, 0.15) is 22.3 Å². The monoisotopic (exact) mass is 591 g/mol. The van der Waals surface area contributed by atoms with Gasteiger partial charge in [-0.05, 0) is 84.7 Å². The van der Waals surface area contributed by atoms with Crippen molar-refractivity contribution in [2.24, 2.45) is 16.3 Å². The number of ether oxygens (including phenoxy) is 1. The first-order valence-corrected chi connectivity index (χ1v) is 14.4. The van der Waals surface area contributed by atoms with Crippen molar-refractivity contribution in [3.63, 3.8) is 0 Å². The number of fused-ring (bicyclic) bond motifs is 1. The molecule has 1 amide bonds. The Morgan fingerprint density at radius 2 is 1.95 bits per heavy atom. The Morgan fingerprint density at radius 3 is 2.63 bits per heavy atom. The molecule has 2 heterocycles. The maximum Gasteiger partial charge on any atom is 0.284 e. The summed E-state index contributed by atoms with van der Waals surface area (Å²) in [5.41, 5.74) is 2.63. The molecule has 10 heteroatoms. The number of nitrogens with zero attached hydrogens (tertiary/aromatic N) is 2. The van der Waals surface area contributed by atoms with Crippen molar-refractivity contribution in [3.05, 3.63) is 91.5 Å². The van der Waals surface area contributed by atoms with E-state index in [4.69, 9.17) is 25.7 Å². The van der Waals surface area contributed by atoms with Crippen molar-refractivity contribution in [1.29, 1.82) is 0 Å². The fourth-order valence-corrected chi connectivity index (χ4v) is 6.44. The number of methoxy groups -OCH3 is 1. The van der Waals surface area contributed by atoms with Crippen LogP contribution in [0.5, 0.6) is 5.75 Å². The third-order valence-corrected chi connectivity index (χ3v) is 8.82. The van der Waals surface area contributed by atoms with Gasteiger partial charge in [0, 0.05) is 15.6 Å². The normalized spacial score (nSPS) is 15.1. The third kappa shape index (κ3) is 6.21. The summed E-state index contributed by atoms with van der Waals surface area (Å²) >= 11 is 7.55. The highest BCUT2D eigenvalue weighted by Gasteiger charge is 2.33. The summed E-state index contributed by atoms with van der Waals surface area (Å²) in [7, 11) is 1.45. The Kier molecular flexibility index (Phi) is 8.02. The number of hydrogen-bond donors (Lipinski definition) is 1. The van der Waals surface area contributed by atoms with Crippen LogP contribution in [-0.2, 0) is 12.8 Å². The number of amides is 1. The van der Waals surface area contributed by atoms with Gasteiger partial charge in [0.25, 0.3) is 11.6 Å². The predicted octanol–water partition coefficient (Wildman–Crippen LogP) is 8.73. The van der Waals surface area contributed by atoms with Gasteiger partial charge in [0.2, 0.25) is 0 Å². The van der Waals surface area contributed by atoms with Crippen LogP contribution in [0.4, 0.5) is 16.4 Å². The molecular weight excluding hydrogens is 562 g/mol. The number of hydrogen-bond acceptors (Lipinski definition) is 7. The minimum Gasteiger partial charge on any atom is -0.497 e. The van der Waals surface area contributed by atoms with E-state index in [9.17, 15) is 14.9 Å². The molecule has 1 atom stereocenters. The summed E-state index contributed by atoms with van der Waals surface area (Å²) in [6, 6.07) is 14.9. The van der Waals surface area contributed by atoms with Crippen molar-refractivity contribution in [2.75, 3.05) is 12.4 Å². The Labute approximate surface area is 247 Å². The van der Waals surface area contributed by atoms with E-state index in [1.807, 2.05) is 0 Å². The summed E-state index contributed by atoms with van der Waals surface area (Å²) in [5.74, 6) is 1.41. The Bertz CT molecular complexity index is 1630. The van der Waals surface area contributed by atoms with E-state index in [2.05, 4.69) is 26.1 Å². The van der Waals surface area contributed by atoms with Crippen LogP contribution in [0.1, 0.15) is 53.8 Å². The molecule has 0 spiro atoms. The number of anilines is 1. The molecule has 0 unspecified atom stereocenters. The van der Waals surface area contributed by atoms with E-state index in [-0.39, 0.29) is 17.0 Å². The molecular formula is C31H30ClN3O5S. The minimum atomic E-state index is -0.471. The standard InChI is InChI=1S/C31H30ClN3O5S/c1-31(2,3)18-5-12-24-27(15-18)41-30(28(24)29(36)34-20-8-6-19(32)7-9-20)33-17-22-11-14-26(40-22)23-13-10-21(39-4)16-25(23)35(37)38/h6-11,13-14,16-18H,5,12,15H2,1-4H3,(H,34,36)/t18-/m0/s1. The average Bonchev–Trinajstić information content (AvgIpc) is 3.56. The largest absolute Gasteiger partial charge is 0.497 e. The molecule has 8 nitrogen and oxygen atoms in total. The number of benzene rings is 2. The lowest BCUT2D eigenvalue weighted by Gasteiger charge is -2.33. The number of furan rings is 1. The molecule has 0 aliphatic heterocycles. The molecule has 0 fully saturated rings. The molecule has 1 aliphatic rings. The average molecular weight is 592 g/mol. The summed E-state index contributed by atoms with van der Waals surface area (Å²) in [5, 5.41) is 15.8. The van der Waals surface area contributed by atoms with E-state index in [0.717, 1.165) is 24.8 Å². The van der Waals surface area contributed by atoms with Gasteiger partial charge in [-0.2, -0.15) is 0 Å². The van der Waals surface area contributed by atoms with Gasteiger partial charge < -0.3 is 14.5 Å². The van der Waals surface area contributed by atoms with E-state index in [1.165, 1.54) is 29.4 Å². The van der Waals surface area contributed by atoms with Crippen LogP contribution in [0, 0.1) is 21.4 Å². The third-order valence-electron chi connectivity index (χ3n) is 7.40. The molecule has 2 aromatic carbocycles. The number of nitro groups is 1. The summed E-state index contributed by atoms with van der Waals surface area (Å²) < 4.78 is 11.1. The second-order valence-corrected chi connectivity index (χ2v) is 12.6. The van der Waals surface area contributed by atoms with Gasteiger partial charge in [-0.25, -0.2) is 4.99 Å². The molecule has 0 bridgehead atoms. The van der Waals surface area contributed by atoms with Crippen molar-refractivity contribution in [1.82, 2.24) is 0 Å². The second kappa shape index (κ2) is 11.5. The van der Waals surface area contributed by atoms with Gasteiger partial charge in [-0.1, -0.05) is 32.4 Å². The van der Waals surface area contributed by atoms with Gasteiger partial charge in [0.05, 0.1) is 35.4 Å². The van der Waals surface area contributed by atoms with E-state index in [0.29, 0.717) is 50.0 Å². The number of carbonyl (C=O) groups is 1. The number of thiophene rings is 1. The maximum atomic E-state index is 13.6. The number of rotatable bonds is 7. The highest BCUT2D eigenvalue weighted by atomic mass is 35.5. The highest BCUT2D eigenvalue weighted by Crippen LogP contribution is 2.45. The lowest BCUT2D eigenvalue weighted by atomic mass is 9.72. The zero-order valence-electron chi connectivity index (χ0n) is 23.2. The molecule has 1 aliphatic carbocycles. The first kappa shape index (κ1) is 28.6. The zero-order valence-corrected chi connectivity index (χ0v) is 24.8. The first-order chi connectivity index (χ1) is 19.5. The van der Waals surface area contributed by atoms with Crippen LogP contribution in [0.15, 0.2) is 64.0 Å². The molecule has 2 aromatic heterocycles. The molecule has 4 aromatic rings. The predicted molar refractivity (Wildman–Crippen MR) is 163 cm³/mol. The van der Waals surface area contributed by atoms with Crippen LogP contribution in [-0.4, -0.2) is 24.2 Å². The van der Waals surface area contributed by atoms with Gasteiger partial charge in [0.15, 0.2) is 0 Å². The number of halogens is 1.